The van der Waals surface area contributed by atoms with Gasteiger partial charge in [-0.1, -0.05) is 31.7 Å². The van der Waals surface area contributed by atoms with Gasteiger partial charge in [0.25, 0.3) is 0 Å². The molecule has 0 atom stereocenters. The van der Waals surface area contributed by atoms with E-state index in [-0.39, 0.29) is 18.0 Å². The van der Waals surface area contributed by atoms with E-state index in [1.165, 1.54) is 6.26 Å². The van der Waals surface area contributed by atoms with Gasteiger partial charge in [-0.05, 0) is 6.07 Å². The van der Waals surface area contributed by atoms with Crippen LogP contribution in [0.25, 0.3) is 0 Å². The Labute approximate surface area is 101 Å². The highest BCUT2D eigenvalue weighted by molar-refractivity contribution is 6.01. The number of ether oxygens (including phenoxy) is 1. The van der Waals surface area contributed by atoms with E-state index in [0.29, 0.717) is 24.2 Å². The molecule has 0 fully saturated rings. The van der Waals surface area contributed by atoms with Gasteiger partial charge < -0.3 is 4.74 Å². The van der Waals surface area contributed by atoms with Crippen molar-refractivity contribution in [2.75, 3.05) is 6.61 Å². The summed E-state index contributed by atoms with van der Waals surface area (Å²) in [6.45, 7) is 5.51. The fraction of sp³-hybridized carbons (Fsp3) is 0.286. The molecule has 17 heavy (non-hydrogen) atoms. The van der Waals surface area contributed by atoms with E-state index < -0.39 is 0 Å². The van der Waals surface area contributed by atoms with Crippen molar-refractivity contribution >= 4 is 11.6 Å². The van der Waals surface area contributed by atoms with Crippen LogP contribution < -0.4 is 0 Å². The zero-order chi connectivity index (χ0) is 12.7. The second-order valence-corrected chi connectivity index (χ2v) is 3.57. The molecule has 0 bridgehead atoms. The molecule has 0 N–H and O–H groups in total. The van der Waals surface area contributed by atoms with Gasteiger partial charge in [0.05, 0.1) is 12.9 Å². The minimum Gasteiger partial charge on any atom is -0.501 e. The van der Waals surface area contributed by atoms with Crippen molar-refractivity contribution in [2.45, 2.75) is 19.8 Å². The molecule has 0 saturated carbocycles. The lowest BCUT2D eigenvalue weighted by Crippen LogP contribution is -2.05. The van der Waals surface area contributed by atoms with Crippen LogP contribution in [0.3, 0.4) is 0 Å². The molecular formula is C14H16O3. The normalized spacial score (nSPS) is 9.71. The monoisotopic (exact) mass is 232 g/mol. The second-order valence-electron chi connectivity index (χ2n) is 3.57. The van der Waals surface area contributed by atoms with Crippen LogP contribution in [0, 0.1) is 0 Å². The maximum atomic E-state index is 11.8. The van der Waals surface area contributed by atoms with Crippen LogP contribution in [0.15, 0.2) is 37.1 Å². The molecule has 1 aromatic rings. The van der Waals surface area contributed by atoms with E-state index in [0.717, 1.165) is 0 Å². The maximum Gasteiger partial charge on any atom is 0.166 e. The average Bonchev–Trinajstić information content (AvgIpc) is 2.38. The summed E-state index contributed by atoms with van der Waals surface area (Å²) in [5.41, 5.74) is 1.14. The van der Waals surface area contributed by atoms with Crippen LogP contribution in [0.2, 0.25) is 0 Å². The van der Waals surface area contributed by atoms with E-state index in [2.05, 4.69) is 6.58 Å². The summed E-state index contributed by atoms with van der Waals surface area (Å²) in [4.78, 5) is 23.3. The van der Waals surface area contributed by atoms with Crippen LogP contribution in [-0.2, 0) is 4.74 Å². The van der Waals surface area contributed by atoms with E-state index >= 15 is 0 Å². The molecule has 3 nitrogen and oxygen atoms in total. The van der Waals surface area contributed by atoms with Crippen LogP contribution in [0.4, 0.5) is 0 Å². The summed E-state index contributed by atoms with van der Waals surface area (Å²) in [7, 11) is 0. The molecule has 0 aromatic heterocycles. The number of Topliss-reactive ketones (excluding diaryl/α,β-unsaturated/α-hetero) is 2. The topological polar surface area (TPSA) is 43.4 Å². The molecule has 0 amide bonds. The van der Waals surface area contributed by atoms with Gasteiger partial charge in [-0.15, -0.1) is 0 Å². The molecule has 0 heterocycles. The fourth-order valence-corrected chi connectivity index (χ4v) is 1.45. The van der Waals surface area contributed by atoms with Crippen LogP contribution in [0.5, 0.6) is 0 Å². The highest BCUT2D eigenvalue weighted by Crippen LogP contribution is 2.10. The Morgan fingerprint density at radius 3 is 2.53 bits per heavy atom. The molecule has 0 aliphatic rings. The second kappa shape index (κ2) is 6.63. The molecule has 0 radical (unpaired) electrons. The number of carbonyl (C=O) groups excluding carboxylic acids is 2. The lowest BCUT2D eigenvalue weighted by atomic mass is 10.0. The predicted octanol–water partition coefficient (Wildman–Crippen LogP) is 3.01. The standard InChI is InChI=1S/C14H16O3/c1-3-13(15)11-6-5-7-12(10-11)14(16)8-9-17-4-2/h4-7,10H,2-3,8-9H2,1H3. The van der Waals surface area contributed by atoms with E-state index in [1.54, 1.807) is 31.2 Å². The Bertz CT molecular complexity index is 421. The summed E-state index contributed by atoms with van der Waals surface area (Å²) < 4.78 is 4.90. The van der Waals surface area contributed by atoms with Crippen molar-refractivity contribution in [3.63, 3.8) is 0 Å². The lowest BCUT2D eigenvalue weighted by Gasteiger charge is -2.03. The number of carbonyl (C=O) groups is 2. The molecule has 0 aliphatic heterocycles. The number of hydrogen-bond acceptors (Lipinski definition) is 3. The minimum absolute atomic E-state index is 0.0300. The van der Waals surface area contributed by atoms with E-state index in [1.807, 2.05) is 0 Å². The summed E-state index contributed by atoms with van der Waals surface area (Å²) in [6, 6.07) is 6.80. The molecule has 0 saturated heterocycles. The lowest BCUT2D eigenvalue weighted by molar-refractivity contribution is 0.0949. The first-order valence-electron chi connectivity index (χ1n) is 5.58. The van der Waals surface area contributed by atoms with Gasteiger partial charge in [0.2, 0.25) is 0 Å². The van der Waals surface area contributed by atoms with Gasteiger partial charge in [-0.3, -0.25) is 9.59 Å². The van der Waals surface area contributed by atoms with Gasteiger partial charge >= 0.3 is 0 Å². The van der Waals surface area contributed by atoms with Gasteiger partial charge in [0, 0.05) is 24.0 Å². The molecule has 0 spiro atoms. The van der Waals surface area contributed by atoms with Gasteiger partial charge in [0.1, 0.15) is 0 Å². The molecule has 0 unspecified atom stereocenters. The van der Waals surface area contributed by atoms with E-state index in [9.17, 15) is 9.59 Å². The predicted molar refractivity (Wildman–Crippen MR) is 66.2 cm³/mol. The highest BCUT2D eigenvalue weighted by Gasteiger charge is 2.09. The van der Waals surface area contributed by atoms with Gasteiger partial charge in [0.15, 0.2) is 11.6 Å². The molecule has 1 rings (SSSR count). The molecule has 0 aliphatic carbocycles. The Balaban J connectivity index is 2.73. The zero-order valence-electron chi connectivity index (χ0n) is 9.94. The van der Waals surface area contributed by atoms with Crippen molar-refractivity contribution < 1.29 is 14.3 Å². The zero-order valence-corrected chi connectivity index (χ0v) is 9.94. The number of benzene rings is 1. The van der Waals surface area contributed by atoms with Crippen molar-refractivity contribution in [2.24, 2.45) is 0 Å². The van der Waals surface area contributed by atoms with Crippen LogP contribution >= 0.6 is 0 Å². The molecular weight excluding hydrogens is 216 g/mol. The van der Waals surface area contributed by atoms with E-state index in [4.69, 9.17) is 4.74 Å². The van der Waals surface area contributed by atoms with Crippen molar-refractivity contribution in [3.8, 4) is 0 Å². The van der Waals surface area contributed by atoms with Crippen molar-refractivity contribution in [1.29, 1.82) is 0 Å². The summed E-state index contributed by atoms with van der Waals surface area (Å²) in [6.07, 6.45) is 2.04. The SMILES string of the molecule is C=COCCC(=O)c1cccc(C(=O)CC)c1. The third-order valence-corrected chi connectivity index (χ3v) is 2.39. The first kappa shape index (κ1) is 13.2. The third kappa shape index (κ3) is 3.87. The van der Waals surface area contributed by atoms with Crippen LogP contribution in [-0.4, -0.2) is 18.2 Å². The van der Waals surface area contributed by atoms with Crippen molar-refractivity contribution in [3.05, 3.63) is 48.2 Å². The highest BCUT2D eigenvalue weighted by atomic mass is 16.5. The minimum atomic E-state index is -0.0300. The summed E-state index contributed by atoms with van der Waals surface area (Å²) >= 11 is 0. The van der Waals surface area contributed by atoms with Gasteiger partial charge in [-0.25, -0.2) is 0 Å². The molecule has 90 valence electrons. The largest absolute Gasteiger partial charge is 0.501 e. The fourth-order valence-electron chi connectivity index (χ4n) is 1.45. The Morgan fingerprint density at radius 2 is 1.94 bits per heavy atom. The number of ketones is 2. The molecule has 1 aromatic carbocycles. The Morgan fingerprint density at radius 1 is 1.29 bits per heavy atom. The maximum absolute atomic E-state index is 11.8. The first-order valence-corrected chi connectivity index (χ1v) is 5.58. The quantitative estimate of drug-likeness (QED) is 0.412. The Hall–Kier alpha value is -1.90. The van der Waals surface area contributed by atoms with Gasteiger partial charge in [-0.2, -0.15) is 0 Å². The third-order valence-electron chi connectivity index (χ3n) is 2.39. The number of hydrogen-bond donors (Lipinski definition) is 0. The van der Waals surface area contributed by atoms with Crippen LogP contribution in [0.1, 0.15) is 40.5 Å². The number of rotatable bonds is 7. The van der Waals surface area contributed by atoms with Crippen molar-refractivity contribution in [1.82, 2.24) is 0 Å². The smallest absolute Gasteiger partial charge is 0.166 e. The summed E-state index contributed by atoms with van der Waals surface area (Å²) in [5.74, 6) is 0.0135. The average molecular weight is 232 g/mol. The first-order chi connectivity index (χ1) is 8.19. The Kier molecular flexibility index (Phi) is 5.14. The summed E-state index contributed by atoms with van der Waals surface area (Å²) in [5, 5.41) is 0. The molecule has 3 heteroatoms.